The van der Waals surface area contributed by atoms with Crippen LogP contribution in [0, 0.1) is 0 Å². The van der Waals surface area contributed by atoms with Crippen molar-refractivity contribution in [3.8, 4) is 0 Å². The predicted molar refractivity (Wildman–Crippen MR) is 71.8 cm³/mol. The molecule has 5 heteroatoms. The standard InChI is InChI=1S/C15H7NO4/c17-13-7-3-1-2-4-10(7)16-12-9(13)6-5-8-11(12)15(19)20-14(8)18/h1-6H,(H,16,17). The topological polar surface area (TPSA) is 76.2 Å². The van der Waals surface area contributed by atoms with Crippen molar-refractivity contribution in [2.75, 3.05) is 0 Å². The van der Waals surface area contributed by atoms with E-state index in [0.29, 0.717) is 21.8 Å². The first-order valence-corrected chi connectivity index (χ1v) is 6.01. The molecule has 1 N–H and O–H groups in total. The van der Waals surface area contributed by atoms with Crippen molar-refractivity contribution >= 4 is 33.7 Å². The van der Waals surface area contributed by atoms with Crippen molar-refractivity contribution < 1.29 is 14.3 Å². The van der Waals surface area contributed by atoms with Gasteiger partial charge < -0.3 is 9.72 Å². The number of benzene rings is 2. The van der Waals surface area contributed by atoms with E-state index >= 15 is 0 Å². The highest BCUT2D eigenvalue weighted by molar-refractivity contribution is 6.21. The van der Waals surface area contributed by atoms with Gasteiger partial charge in [-0.25, -0.2) is 9.59 Å². The molecule has 0 amide bonds. The second-order valence-corrected chi connectivity index (χ2v) is 4.59. The summed E-state index contributed by atoms with van der Waals surface area (Å²) in [5.41, 5.74) is 1.11. The molecular weight excluding hydrogens is 258 g/mol. The van der Waals surface area contributed by atoms with Crippen LogP contribution in [0.2, 0.25) is 0 Å². The number of carbonyl (C=O) groups is 2. The minimum absolute atomic E-state index is 0.135. The summed E-state index contributed by atoms with van der Waals surface area (Å²) in [6, 6.07) is 10.0. The van der Waals surface area contributed by atoms with Crippen LogP contribution in [-0.2, 0) is 4.74 Å². The summed E-state index contributed by atoms with van der Waals surface area (Å²) in [6.45, 7) is 0. The van der Waals surface area contributed by atoms with Crippen LogP contribution in [0.1, 0.15) is 20.7 Å². The number of aromatic amines is 1. The number of hydrogen-bond acceptors (Lipinski definition) is 4. The fourth-order valence-electron chi connectivity index (χ4n) is 2.56. The Morgan fingerprint density at radius 3 is 2.50 bits per heavy atom. The first-order chi connectivity index (χ1) is 9.66. The molecule has 0 saturated heterocycles. The molecule has 0 atom stereocenters. The Balaban J connectivity index is 2.28. The summed E-state index contributed by atoms with van der Waals surface area (Å²) in [6.07, 6.45) is 0. The lowest BCUT2D eigenvalue weighted by Crippen LogP contribution is -2.07. The highest BCUT2D eigenvalue weighted by atomic mass is 16.6. The Morgan fingerprint density at radius 2 is 1.65 bits per heavy atom. The fraction of sp³-hybridized carbons (Fsp3) is 0. The molecule has 0 unspecified atom stereocenters. The van der Waals surface area contributed by atoms with Crippen molar-refractivity contribution in [3.63, 3.8) is 0 Å². The van der Waals surface area contributed by atoms with E-state index in [1.54, 1.807) is 30.3 Å². The summed E-state index contributed by atoms with van der Waals surface area (Å²) in [5.74, 6) is -1.40. The molecule has 3 aromatic rings. The minimum Gasteiger partial charge on any atom is -0.386 e. The Labute approximate surface area is 111 Å². The number of fused-ring (bicyclic) bond motifs is 4. The Hall–Kier alpha value is -2.95. The van der Waals surface area contributed by atoms with Gasteiger partial charge in [0.25, 0.3) is 0 Å². The molecule has 0 bridgehead atoms. The lowest BCUT2D eigenvalue weighted by atomic mass is 10.0. The van der Waals surface area contributed by atoms with E-state index in [0.717, 1.165) is 0 Å². The fourth-order valence-corrected chi connectivity index (χ4v) is 2.56. The molecule has 1 aliphatic heterocycles. The highest BCUT2D eigenvalue weighted by Gasteiger charge is 2.32. The number of rotatable bonds is 0. The molecule has 0 saturated carbocycles. The lowest BCUT2D eigenvalue weighted by molar-refractivity contribution is 0.0444. The Bertz CT molecular complexity index is 984. The van der Waals surface area contributed by atoms with Gasteiger partial charge in [-0.3, -0.25) is 4.79 Å². The monoisotopic (exact) mass is 265 g/mol. The first-order valence-electron chi connectivity index (χ1n) is 6.01. The number of para-hydroxylation sites is 1. The maximum atomic E-state index is 12.4. The van der Waals surface area contributed by atoms with Gasteiger partial charge >= 0.3 is 11.9 Å². The number of nitrogens with one attached hydrogen (secondary N) is 1. The lowest BCUT2D eigenvalue weighted by Gasteiger charge is -2.04. The van der Waals surface area contributed by atoms with Crippen LogP contribution < -0.4 is 5.43 Å². The van der Waals surface area contributed by atoms with Crippen LogP contribution >= 0.6 is 0 Å². The smallest absolute Gasteiger partial charge is 0.349 e. The minimum atomic E-state index is -0.721. The number of carbonyl (C=O) groups excluding carboxylic acids is 2. The number of ether oxygens (including phenoxy) is 1. The highest BCUT2D eigenvalue weighted by Crippen LogP contribution is 2.27. The number of hydrogen-bond donors (Lipinski definition) is 1. The summed E-state index contributed by atoms with van der Waals surface area (Å²) < 4.78 is 4.59. The molecule has 5 nitrogen and oxygen atoms in total. The molecule has 2 aromatic carbocycles. The third kappa shape index (κ3) is 1.23. The first kappa shape index (κ1) is 10.9. The molecule has 2 heterocycles. The van der Waals surface area contributed by atoms with Crippen LogP contribution in [0.4, 0.5) is 0 Å². The normalized spacial score (nSPS) is 13.8. The number of aromatic nitrogens is 1. The summed E-state index contributed by atoms with van der Waals surface area (Å²) in [4.78, 5) is 38.8. The largest absolute Gasteiger partial charge is 0.386 e. The second kappa shape index (κ2) is 3.54. The Morgan fingerprint density at radius 1 is 0.850 bits per heavy atom. The van der Waals surface area contributed by atoms with Gasteiger partial charge in [-0.05, 0) is 24.3 Å². The van der Waals surface area contributed by atoms with Gasteiger partial charge in [0.15, 0.2) is 5.43 Å². The molecule has 0 spiro atoms. The van der Waals surface area contributed by atoms with Crippen LogP contribution in [0.25, 0.3) is 21.8 Å². The molecule has 4 rings (SSSR count). The number of esters is 2. The third-order valence-corrected chi connectivity index (χ3v) is 3.49. The summed E-state index contributed by atoms with van der Waals surface area (Å²) in [7, 11) is 0. The number of cyclic esters (lactones) is 2. The molecule has 1 aliphatic rings. The van der Waals surface area contributed by atoms with Gasteiger partial charge in [-0.2, -0.15) is 0 Å². The molecule has 0 aliphatic carbocycles. The van der Waals surface area contributed by atoms with Gasteiger partial charge in [-0.15, -0.1) is 0 Å². The summed E-state index contributed by atoms with van der Waals surface area (Å²) >= 11 is 0. The SMILES string of the molecule is O=C1OC(=O)c2c1ccc1c(=O)c3ccccc3[nH]c21. The Kier molecular flexibility index (Phi) is 1.93. The van der Waals surface area contributed by atoms with Gasteiger partial charge in [0, 0.05) is 16.3 Å². The van der Waals surface area contributed by atoms with Crippen LogP contribution in [0.15, 0.2) is 41.2 Å². The van der Waals surface area contributed by atoms with Gasteiger partial charge in [0.2, 0.25) is 0 Å². The molecule has 0 radical (unpaired) electrons. The zero-order valence-electron chi connectivity index (χ0n) is 10.1. The zero-order valence-corrected chi connectivity index (χ0v) is 10.1. The van der Waals surface area contributed by atoms with Gasteiger partial charge in [0.1, 0.15) is 0 Å². The quantitative estimate of drug-likeness (QED) is 0.383. The van der Waals surface area contributed by atoms with Crippen LogP contribution in [0.5, 0.6) is 0 Å². The average Bonchev–Trinajstić information content (AvgIpc) is 2.74. The molecular formula is C15H7NO4. The second-order valence-electron chi connectivity index (χ2n) is 4.59. The van der Waals surface area contributed by atoms with Gasteiger partial charge in [0.05, 0.1) is 16.6 Å². The molecule has 0 fully saturated rings. The molecule has 96 valence electrons. The van der Waals surface area contributed by atoms with Crippen molar-refractivity contribution in [2.24, 2.45) is 0 Å². The molecule has 1 aromatic heterocycles. The van der Waals surface area contributed by atoms with Crippen molar-refractivity contribution in [1.82, 2.24) is 4.98 Å². The maximum absolute atomic E-state index is 12.4. The maximum Gasteiger partial charge on any atom is 0.349 e. The van der Waals surface area contributed by atoms with Crippen LogP contribution in [0.3, 0.4) is 0 Å². The van der Waals surface area contributed by atoms with E-state index in [1.807, 2.05) is 0 Å². The van der Waals surface area contributed by atoms with E-state index in [2.05, 4.69) is 9.72 Å². The van der Waals surface area contributed by atoms with E-state index in [-0.39, 0.29) is 16.6 Å². The van der Waals surface area contributed by atoms with E-state index in [9.17, 15) is 14.4 Å². The van der Waals surface area contributed by atoms with Crippen molar-refractivity contribution in [2.45, 2.75) is 0 Å². The van der Waals surface area contributed by atoms with Crippen molar-refractivity contribution in [3.05, 3.63) is 57.7 Å². The van der Waals surface area contributed by atoms with E-state index in [4.69, 9.17) is 0 Å². The van der Waals surface area contributed by atoms with Crippen LogP contribution in [-0.4, -0.2) is 16.9 Å². The molecule has 20 heavy (non-hydrogen) atoms. The predicted octanol–water partition coefficient (Wildman–Crippen LogP) is 1.99. The third-order valence-electron chi connectivity index (χ3n) is 3.49. The van der Waals surface area contributed by atoms with Gasteiger partial charge in [-0.1, -0.05) is 12.1 Å². The summed E-state index contributed by atoms with van der Waals surface area (Å²) in [5, 5.41) is 0.909. The van der Waals surface area contributed by atoms with Crippen molar-refractivity contribution in [1.29, 1.82) is 0 Å². The number of H-pyrrole nitrogens is 1. The zero-order chi connectivity index (χ0) is 13.9. The van der Waals surface area contributed by atoms with E-state index in [1.165, 1.54) is 6.07 Å². The van der Waals surface area contributed by atoms with E-state index < -0.39 is 11.9 Å². The average molecular weight is 265 g/mol. The number of pyridine rings is 1.